The molecule has 1 amide bonds. The van der Waals surface area contributed by atoms with Crippen molar-refractivity contribution in [3.63, 3.8) is 0 Å². The van der Waals surface area contributed by atoms with Gasteiger partial charge in [-0.2, -0.15) is 13.2 Å². The zero-order valence-electron chi connectivity index (χ0n) is 16.7. The minimum atomic E-state index is -4.36. The van der Waals surface area contributed by atoms with Crippen LogP contribution in [0.4, 0.5) is 13.2 Å². The van der Waals surface area contributed by atoms with E-state index in [9.17, 15) is 18.0 Å². The number of carbonyl (C=O) groups is 1. The quantitative estimate of drug-likeness (QED) is 0.585. The number of benzene rings is 1. The smallest absolute Gasteiger partial charge is 0.411 e. The van der Waals surface area contributed by atoms with Crippen LogP contribution in [-0.2, 0) is 16.1 Å². The third-order valence-electron chi connectivity index (χ3n) is 4.73. The molecular formula is C20H24F3N3O3S. The van der Waals surface area contributed by atoms with Crippen LogP contribution in [0.1, 0.15) is 12.1 Å². The average molecular weight is 443 g/mol. The first-order valence-corrected chi connectivity index (χ1v) is 10.5. The van der Waals surface area contributed by atoms with Crippen molar-refractivity contribution in [2.75, 3.05) is 46.5 Å². The first kappa shape index (κ1) is 22.5. The Morgan fingerprint density at radius 3 is 2.50 bits per heavy atom. The minimum Gasteiger partial charge on any atom is -0.497 e. The molecule has 1 aromatic carbocycles. The van der Waals surface area contributed by atoms with Gasteiger partial charge in [-0.1, -0.05) is 0 Å². The number of methoxy groups -OCH3 is 1. The third-order valence-corrected chi connectivity index (χ3v) is 5.67. The van der Waals surface area contributed by atoms with Crippen LogP contribution in [0, 0.1) is 0 Å². The highest BCUT2D eigenvalue weighted by molar-refractivity contribution is 7.13. The van der Waals surface area contributed by atoms with Crippen molar-refractivity contribution >= 4 is 17.2 Å². The van der Waals surface area contributed by atoms with Crippen LogP contribution < -0.4 is 4.74 Å². The number of piperazine rings is 1. The van der Waals surface area contributed by atoms with E-state index in [2.05, 4.69) is 9.64 Å². The summed E-state index contributed by atoms with van der Waals surface area (Å²) in [7, 11) is 1.63. The molecule has 164 valence electrons. The second-order valence-electron chi connectivity index (χ2n) is 6.95. The van der Waals surface area contributed by atoms with E-state index in [1.54, 1.807) is 23.3 Å². The Morgan fingerprint density at radius 2 is 1.87 bits per heavy atom. The topological polar surface area (TPSA) is 54.9 Å². The van der Waals surface area contributed by atoms with Gasteiger partial charge in [-0.3, -0.25) is 9.69 Å². The zero-order valence-corrected chi connectivity index (χ0v) is 17.5. The van der Waals surface area contributed by atoms with E-state index in [1.165, 1.54) is 0 Å². The molecule has 2 heterocycles. The Hall–Kier alpha value is -2.17. The number of ether oxygens (including phenoxy) is 2. The summed E-state index contributed by atoms with van der Waals surface area (Å²) < 4.78 is 45.8. The molecule has 0 saturated carbocycles. The number of nitrogens with zero attached hydrogens (tertiary/aromatic N) is 3. The van der Waals surface area contributed by atoms with Crippen LogP contribution in [0.2, 0.25) is 0 Å². The molecule has 6 nitrogen and oxygen atoms in total. The molecular weight excluding hydrogens is 419 g/mol. The van der Waals surface area contributed by atoms with E-state index in [1.807, 2.05) is 29.6 Å². The summed E-state index contributed by atoms with van der Waals surface area (Å²) in [6, 6.07) is 7.76. The average Bonchev–Trinajstić information content (AvgIpc) is 3.19. The first-order chi connectivity index (χ1) is 14.3. The second kappa shape index (κ2) is 10.2. The van der Waals surface area contributed by atoms with Crippen LogP contribution in [-0.4, -0.2) is 73.4 Å². The molecule has 2 aromatic rings. The molecule has 1 aliphatic heterocycles. The lowest BCUT2D eigenvalue weighted by Crippen LogP contribution is -2.48. The van der Waals surface area contributed by atoms with E-state index in [-0.39, 0.29) is 18.9 Å². The van der Waals surface area contributed by atoms with Crippen molar-refractivity contribution in [1.29, 1.82) is 0 Å². The highest BCUT2D eigenvalue weighted by Gasteiger charge is 2.28. The highest BCUT2D eigenvalue weighted by atomic mass is 32.1. The lowest BCUT2D eigenvalue weighted by molar-refractivity contribution is -0.175. The number of hydrogen-bond acceptors (Lipinski definition) is 6. The molecule has 10 heteroatoms. The van der Waals surface area contributed by atoms with Gasteiger partial charge in [0.15, 0.2) is 0 Å². The van der Waals surface area contributed by atoms with Crippen molar-refractivity contribution < 1.29 is 27.4 Å². The van der Waals surface area contributed by atoms with E-state index in [0.29, 0.717) is 32.7 Å². The van der Waals surface area contributed by atoms with Gasteiger partial charge in [0.2, 0.25) is 5.91 Å². The fraction of sp³-hybridized carbons (Fsp3) is 0.500. The van der Waals surface area contributed by atoms with E-state index < -0.39 is 12.8 Å². The van der Waals surface area contributed by atoms with E-state index in [0.717, 1.165) is 22.0 Å². The summed E-state index contributed by atoms with van der Waals surface area (Å²) in [6.45, 7) is 1.66. The van der Waals surface area contributed by atoms with Crippen LogP contribution in [0.15, 0.2) is 29.6 Å². The van der Waals surface area contributed by atoms with Crippen LogP contribution in [0.3, 0.4) is 0 Å². The Bertz CT molecular complexity index is 819. The van der Waals surface area contributed by atoms with E-state index >= 15 is 0 Å². The Morgan fingerprint density at radius 1 is 1.17 bits per heavy atom. The minimum absolute atomic E-state index is 0.0343. The maximum Gasteiger partial charge on any atom is 0.411 e. The molecule has 0 aliphatic carbocycles. The number of amides is 1. The largest absolute Gasteiger partial charge is 0.497 e. The number of hydrogen-bond donors (Lipinski definition) is 0. The van der Waals surface area contributed by atoms with Crippen molar-refractivity contribution in [3.8, 4) is 16.3 Å². The first-order valence-electron chi connectivity index (χ1n) is 9.57. The van der Waals surface area contributed by atoms with Gasteiger partial charge >= 0.3 is 6.18 Å². The number of aromatic nitrogens is 1. The monoisotopic (exact) mass is 443 g/mol. The molecule has 1 aliphatic rings. The Balaban J connectivity index is 1.41. The molecule has 1 aromatic heterocycles. The predicted octanol–water partition coefficient (Wildman–Crippen LogP) is 3.43. The van der Waals surface area contributed by atoms with Gasteiger partial charge in [0.05, 0.1) is 25.8 Å². The summed E-state index contributed by atoms with van der Waals surface area (Å²) >= 11 is 1.59. The molecule has 0 atom stereocenters. The Labute approximate surface area is 177 Å². The van der Waals surface area contributed by atoms with Crippen molar-refractivity contribution in [2.24, 2.45) is 0 Å². The number of halogens is 3. The highest BCUT2D eigenvalue weighted by Crippen LogP contribution is 2.26. The van der Waals surface area contributed by atoms with Crippen LogP contribution in [0.25, 0.3) is 10.6 Å². The summed E-state index contributed by atoms with van der Waals surface area (Å²) in [5.41, 5.74) is 2.02. The predicted molar refractivity (Wildman–Crippen MR) is 107 cm³/mol. The lowest BCUT2D eigenvalue weighted by atomic mass is 10.2. The molecule has 1 saturated heterocycles. The number of alkyl halides is 3. The van der Waals surface area contributed by atoms with Crippen molar-refractivity contribution in [3.05, 3.63) is 35.3 Å². The van der Waals surface area contributed by atoms with Gasteiger partial charge in [0.25, 0.3) is 0 Å². The SMILES string of the molecule is COc1ccc(-c2nc(CN3CCN(C(=O)CCOCC(F)(F)F)CC3)cs2)cc1. The summed E-state index contributed by atoms with van der Waals surface area (Å²) in [6.07, 6.45) is -4.40. The Kier molecular flexibility index (Phi) is 7.68. The van der Waals surface area contributed by atoms with Gasteiger partial charge < -0.3 is 14.4 Å². The molecule has 0 spiro atoms. The van der Waals surface area contributed by atoms with Gasteiger partial charge in [0, 0.05) is 43.7 Å². The third kappa shape index (κ3) is 6.68. The molecule has 0 N–H and O–H groups in total. The van der Waals surface area contributed by atoms with E-state index in [4.69, 9.17) is 9.72 Å². The molecule has 30 heavy (non-hydrogen) atoms. The standard InChI is InChI=1S/C20H24F3N3O3S/c1-28-17-4-2-15(3-5-17)19-24-16(13-30-19)12-25-7-9-26(10-8-25)18(27)6-11-29-14-20(21,22)23/h2-5,13H,6-12,14H2,1H3. The summed E-state index contributed by atoms with van der Waals surface area (Å²) in [5.74, 6) is 0.627. The van der Waals surface area contributed by atoms with Crippen molar-refractivity contribution in [2.45, 2.75) is 19.1 Å². The van der Waals surface area contributed by atoms with Crippen molar-refractivity contribution in [1.82, 2.24) is 14.8 Å². The summed E-state index contributed by atoms with van der Waals surface area (Å²) in [4.78, 5) is 20.7. The normalized spacial score (nSPS) is 15.4. The molecule has 3 rings (SSSR count). The zero-order chi connectivity index (χ0) is 21.6. The molecule has 0 unspecified atom stereocenters. The number of rotatable bonds is 8. The van der Waals surface area contributed by atoms with Gasteiger partial charge in [-0.05, 0) is 24.3 Å². The fourth-order valence-electron chi connectivity index (χ4n) is 3.14. The number of thiazole rings is 1. The maximum absolute atomic E-state index is 12.1. The molecule has 0 radical (unpaired) electrons. The fourth-order valence-corrected chi connectivity index (χ4v) is 3.95. The lowest BCUT2D eigenvalue weighted by Gasteiger charge is -2.34. The maximum atomic E-state index is 12.1. The van der Waals surface area contributed by atoms with Crippen LogP contribution >= 0.6 is 11.3 Å². The number of carbonyl (C=O) groups excluding carboxylic acids is 1. The van der Waals surface area contributed by atoms with Gasteiger partial charge in [-0.25, -0.2) is 4.98 Å². The second-order valence-corrected chi connectivity index (χ2v) is 7.81. The van der Waals surface area contributed by atoms with Crippen LogP contribution in [0.5, 0.6) is 5.75 Å². The van der Waals surface area contributed by atoms with Gasteiger partial charge in [-0.15, -0.1) is 11.3 Å². The molecule has 1 fully saturated rings. The van der Waals surface area contributed by atoms with Gasteiger partial charge in [0.1, 0.15) is 17.4 Å². The molecule has 0 bridgehead atoms. The summed E-state index contributed by atoms with van der Waals surface area (Å²) in [5, 5.41) is 2.98.